The van der Waals surface area contributed by atoms with Crippen molar-refractivity contribution in [2.45, 2.75) is 13.0 Å². The molecular formula is C13H19N3O3. The molecule has 6 heteroatoms. The average Bonchev–Trinajstić information content (AvgIpc) is 2.39. The van der Waals surface area contributed by atoms with Gasteiger partial charge in [0.1, 0.15) is 5.75 Å². The van der Waals surface area contributed by atoms with Crippen molar-refractivity contribution < 1.29 is 14.3 Å². The second kappa shape index (κ2) is 8.10. The standard InChI is InChI=1S/C13H19N3O3/c1-14-9-10-4-3-5-11(8-10)19-7-6-12(17)16-13(18)15-2/h3-5,8,14H,6-7,9H2,1-2H3,(H2,15,16,17,18). The fourth-order valence-corrected chi connectivity index (χ4v) is 1.46. The highest BCUT2D eigenvalue weighted by Crippen LogP contribution is 2.13. The Balaban J connectivity index is 2.34. The molecule has 0 heterocycles. The van der Waals surface area contributed by atoms with Gasteiger partial charge in [-0.05, 0) is 24.7 Å². The lowest BCUT2D eigenvalue weighted by molar-refractivity contribution is -0.120. The van der Waals surface area contributed by atoms with E-state index in [1.165, 1.54) is 7.05 Å². The van der Waals surface area contributed by atoms with Gasteiger partial charge < -0.3 is 15.4 Å². The zero-order valence-corrected chi connectivity index (χ0v) is 11.2. The molecule has 0 saturated heterocycles. The van der Waals surface area contributed by atoms with Crippen LogP contribution < -0.4 is 20.7 Å². The Labute approximate surface area is 112 Å². The van der Waals surface area contributed by atoms with Gasteiger partial charge in [0.25, 0.3) is 0 Å². The lowest BCUT2D eigenvalue weighted by atomic mass is 10.2. The summed E-state index contributed by atoms with van der Waals surface area (Å²) in [5, 5.41) is 7.52. The molecule has 1 aromatic rings. The molecule has 0 bridgehead atoms. The Morgan fingerprint density at radius 2 is 2.05 bits per heavy atom. The van der Waals surface area contributed by atoms with Crippen LogP contribution in [0.5, 0.6) is 5.75 Å². The maximum absolute atomic E-state index is 11.3. The van der Waals surface area contributed by atoms with Crippen molar-refractivity contribution in [1.82, 2.24) is 16.0 Å². The van der Waals surface area contributed by atoms with E-state index < -0.39 is 6.03 Å². The van der Waals surface area contributed by atoms with E-state index in [-0.39, 0.29) is 18.9 Å². The first-order chi connectivity index (χ1) is 9.15. The molecule has 0 atom stereocenters. The van der Waals surface area contributed by atoms with E-state index in [1.54, 1.807) is 0 Å². The molecular weight excluding hydrogens is 246 g/mol. The van der Waals surface area contributed by atoms with Crippen LogP contribution in [-0.2, 0) is 11.3 Å². The largest absolute Gasteiger partial charge is 0.493 e. The van der Waals surface area contributed by atoms with E-state index in [9.17, 15) is 9.59 Å². The molecule has 0 radical (unpaired) electrons. The van der Waals surface area contributed by atoms with Crippen molar-refractivity contribution in [3.05, 3.63) is 29.8 Å². The maximum atomic E-state index is 11.3. The number of hydrogen-bond acceptors (Lipinski definition) is 4. The predicted octanol–water partition coefficient (Wildman–Crippen LogP) is 0.630. The summed E-state index contributed by atoms with van der Waals surface area (Å²) in [4.78, 5) is 22.2. The number of rotatable bonds is 6. The first-order valence-corrected chi connectivity index (χ1v) is 6.03. The van der Waals surface area contributed by atoms with Gasteiger partial charge in [-0.1, -0.05) is 12.1 Å². The highest BCUT2D eigenvalue weighted by Gasteiger charge is 2.05. The average molecular weight is 265 g/mol. The Morgan fingerprint density at radius 1 is 1.26 bits per heavy atom. The lowest BCUT2D eigenvalue weighted by Crippen LogP contribution is -2.37. The number of hydrogen-bond donors (Lipinski definition) is 3. The molecule has 0 saturated carbocycles. The molecule has 0 aliphatic heterocycles. The van der Waals surface area contributed by atoms with Crippen LogP contribution in [0.25, 0.3) is 0 Å². The molecule has 0 fully saturated rings. The first kappa shape index (κ1) is 15.0. The third-order valence-corrected chi connectivity index (χ3v) is 2.36. The lowest BCUT2D eigenvalue weighted by Gasteiger charge is -2.08. The van der Waals surface area contributed by atoms with Gasteiger partial charge >= 0.3 is 6.03 Å². The molecule has 0 unspecified atom stereocenters. The number of ether oxygens (including phenoxy) is 1. The monoisotopic (exact) mass is 265 g/mol. The van der Waals surface area contributed by atoms with Crippen LogP contribution in [0.15, 0.2) is 24.3 Å². The van der Waals surface area contributed by atoms with E-state index in [4.69, 9.17) is 4.74 Å². The van der Waals surface area contributed by atoms with Crippen LogP contribution in [-0.4, -0.2) is 32.6 Å². The topological polar surface area (TPSA) is 79.5 Å². The van der Waals surface area contributed by atoms with Crippen LogP contribution in [0, 0.1) is 0 Å². The number of amides is 3. The number of urea groups is 1. The Bertz CT molecular complexity index is 435. The van der Waals surface area contributed by atoms with Crippen LogP contribution in [0.3, 0.4) is 0 Å². The quantitative estimate of drug-likeness (QED) is 0.705. The molecule has 1 aromatic carbocycles. The molecule has 0 aliphatic carbocycles. The van der Waals surface area contributed by atoms with Gasteiger partial charge in [-0.3, -0.25) is 10.1 Å². The minimum Gasteiger partial charge on any atom is -0.493 e. The second-order valence-electron chi connectivity index (χ2n) is 3.90. The predicted molar refractivity (Wildman–Crippen MR) is 71.9 cm³/mol. The number of nitrogens with one attached hydrogen (secondary N) is 3. The third-order valence-electron chi connectivity index (χ3n) is 2.36. The SMILES string of the molecule is CNCc1cccc(OCCC(=O)NC(=O)NC)c1. The number of benzene rings is 1. The summed E-state index contributed by atoms with van der Waals surface area (Å²) in [6, 6.07) is 7.11. The summed E-state index contributed by atoms with van der Waals surface area (Å²) in [5.41, 5.74) is 1.11. The molecule has 6 nitrogen and oxygen atoms in total. The normalized spacial score (nSPS) is 9.79. The first-order valence-electron chi connectivity index (χ1n) is 6.03. The van der Waals surface area contributed by atoms with Crippen LogP contribution in [0.1, 0.15) is 12.0 Å². The van der Waals surface area contributed by atoms with Gasteiger partial charge in [-0.25, -0.2) is 4.79 Å². The zero-order chi connectivity index (χ0) is 14.1. The fourth-order valence-electron chi connectivity index (χ4n) is 1.46. The summed E-state index contributed by atoms with van der Waals surface area (Å²) >= 11 is 0. The van der Waals surface area contributed by atoms with Gasteiger partial charge in [0.15, 0.2) is 0 Å². The van der Waals surface area contributed by atoms with Gasteiger partial charge in [-0.2, -0.15) is 0 Å². The van der Waals surface area contributed by atoms with Crippen LogP contribution >= 0.6 is 0 Å². The summed E-state index contributed by atoms with van der Waals surface area (Å²) in [6.07, 6.45) is 0.129. The maximum Gasteiger partial charge on any atom is 0.321 e. The van der Waals surface area contributed by atoms with Gasteiger partial charge in [-0.15, -0.1) is 0 Å². The Morgan fingerprint density at radius 3 is 2.74 bits per heavy atom. The molecule has 0 aliphatic rings. The van der Waals surface area contributed by atoms with Gasteiger partial charge in [0, 0.05) is 13.6 Å². The minimum absolute atomic E-state index is 0.129. The summed E-state index contributed by atoms with van der Waals surface area (Å²) in [5.74, 6) is 0.339. The minimum atomic E-state index is -0.513. The van der Waals surface area contributed by atoms with Gasteiger partial charge in [0.2, 0.25) is 5.91 Å². The highest BCUT2D eigenvalue weighted by molar-refractivity contribution is 5.94. The van der Waals surface area contributed by atoms with Crippen LogP contribution in [0.4, 0.5) is 4.79 Å². The van der Waals surface area contributed by atoms with Crippen molar-refractivity contribution >= 4 is 11.9 Å². The van der Waals surface area contributed by atoms with E-state index in [2.05, 4.69) is 16.0 Å². The molecule has 0 spiro atoms. The Hall–Kier alpha value is -2.08. The van der Waals surface area contributed by atoms with Crippen molar-refractivity contribution in [1.29, 1.82) is 0 Å². The molecule has 19 heavy (non-hydrogen) atoms. The van der Waals surface area contributed by atoms with Crippen LogP contribution in [0.2, 0.25) is 0 Å². The van der Waals surface area contributed by atoms with E-state index in [0.717, 1.165) is 12.1 Å². The van der Waals surface area contributed by atoms with Crippen molar-refractivity contribution in [3.8, 4) is 5.75 Å². The van der Waals surface area contributed by atoms with E-state index >= 15 is 0 Å². The Kier molecular flexibility index (Phi) is 6.38. The molecule has 3 N–H and O–H groups in total. The summed E-state index contributed by atoms with van der Waals surface area (Å²) in [7, 11) is 3.32. The molecule has 104 valence electrons. The van der Waals surface area contributed by atoms with Gasteiger partial charge in [0.05, 0.1) is 13.0 Å². The summed E-state index contributed by atoms with van der Waals surface area (Å²) in [6.45, 7) is 0.986. The summed E-state index contributed by atoms with van der Waals surface area (Å²) < 4.78 is 5.46. The smallest absolute Gasteiger partial charge is 0.321 e. The molecule has 0 aromatic heterocycles. The molecule has 1 rings (SSSR count). The van der Waals surface area contributed by atoms with Crippen molar-refractivity contribution in [3.63, 3.8) is 0 Å². The molecule has 3 amide bonds. The number of carbonyl (C=O) groups excluding carboxylic acids is 2. The third kappa shape index (κ3) is 5.87. The van der Waals surface area contributed by atoms with Crippen molar-refractivity contribution in [2.75, 3.05) is 20.7 Å². The number of carbonyl (C=O) groups is 2. The second-order valence-corrected chi connectivity index (χ2v) is 3.90. The fraction of sp³-hybridized carbons (Fsp3) is 0.385. The number of imide groups is 1. The van der Waals surface area contributed by atoms with Crippen molar-refractivity contribution in [2.24, 2.45) is 0 Å². The van der Waals surface area contributed by atoms with E-state index in [0.29, 0.717) is 5.75 Å². The zero-order valence-electron chi connectivity index (χ0n) is 11.2. The van der Waals surface area contributed by atoms with E-state index in [1.807, 2.05) is 31.3 Å². The highest BCUT2D eigenvalue weighted by atomic mass is 16.5.